The van der Waals surface area contributed by atoms with Gasteiger partial charge in [-0.1, -0.05) is 11.6 Å². The molecule has 0 unspecified atom stereocenters. The molecule has 1 aliphatic rings. The van der Waals surface area contributed by atoms with E-state index in [-0.39, 0.29) is 0 Å². The van der Waals surface area contributed by atoms with Crippen molar-refractivity contribution in [2.24, 2.45) is 0 Å². The van der Waals surface area contributed by atoms with Crippen molar-refractivity contribution >= 4 is 17.4 Å². The quantitative estimate of drug-likeness (QED) is 0.759. The molecule has 1 aromatic rings. The maximum absolute atomic E-state index is 8.73. The van der Waals surface area contributed by atoms with Gasteiger partial charge in [-0.3, -0.25) is 0 Å². The van der Waals surface area contributed by atoms with Gasteiger partial charge in [-0.25, -0.2) is 4.98 Å². The number of anilines is 1. The van der Waals surface area contributed by atoms with Gasteiger partial charge < -0.3 is 5.32 Å². The summed E-state index contributed by atoms with van der Waals surface area (Å²) in [5, 5.41) is 12.3. The predicted octanol–water partition coefficient (Wildman–Crippen LogP) is 2.57. The molecule has 1 fully saturated rings. The maximum atomic E-state index is 8.73. The highest BCUT2D eigenvalue weighted by molar-refractivity contribution is 6.29. The van der Waals surface area contributed by atoms with Gasteiger partial charge in [-0.05, 0) is 31.4 Å². The summed E-state index contributed by atoms with van der Waals surface area (Å²) in [5.74, 6) is 0.707. The highest BCUT2D eigenvalue weighted by atomic mass is 35.5. The fourth-order valence-electron chi connectivity index (χ4n) is 1.40. The van der Waals surface area contributed by atoms with E-state index in [1.54, 1.807) is 12.1 Å². The number of halogens is 1. The zero-order valence-corrected chi connectivity index (χ0v) is 8.38. The largest absolute Gasteiger partial charge is 0.367 e. The monoisotopic (exact) mass is 207 g/mol. The first-order chi connectivity index (χ1) is 6.78. The Morgan fingerprint density at radius 1 is 1.50 bits per heavy atom. The van der Waals surface area contributed by atoms with Crippen LogP contribution in [-0.2, 0) is 0 Å². The van der Waals surface area contributed by atoms with E-state index in [1.807, 2.05) is 0 Å². The Labute approximate surface area is 87.7 Å². The maximum Gasteiger partial charge on any atom is 0.132 e. The summed E-state index contributed by atoms with van der Waals surface area (Å²) in [6, 6.07) is 5.85. The molecule has 0 bridgehead atoms. The molecule has 1 heterocycles. The molecule has 0 saturated heterocycles. The summed E-state index contributed by atoms with van der Waals surface area (Å²) in [4.78, 5) is 4.11. The molecule has 14 heavy (non-hydrogen) atoms. The molecule has 1 aliphatic carbocycles. The van der Waals surface area contributed by atoms with Gasteiger partial charge in [0.25, 0.3) is 0 Å². The van der Waals surface area contributed by atoms with Gasteiger partial charge in [0.1, 0.15) is 11.0 Å². The van der Waals surface area contributed by atoms with Crippen LogP contribution in [0.4, 0.5) is 5.82 Å². The smallest absolute Gasteiger partial charge is 0.132 e. The Kier molecular flexibility index (Phi) is 2.55. The van der Waals surface area contributed by atoms with Crippen molar-refractivity contribution in [3.05, 3.63) is 22.8 Å². The van der Waals surface area contributed by atoms with Gasteiger partial charge in [0, 0.05) is 6.04 Å². The summed E-state index contributed by atoms with van der Waals surface area (Å²) in [6.45, 7) is 0. The molecule has 0 spiro atoms. The molecule has 0 aliphatic heterocycles. The SMILES string of the molecule is N#Cc1cc(Cl)nc(NC2CCC2)c1. The van der Waals surface area contributed by atoms with E-state index in [1.165, 1.54) is 19.3 Å². The average Bonchev–Trinajstić information content (AvgIpc) is 2.10. The first-order valence-corrected chi connectivity index (χ1v) is 5.00. The number of nitrogens with zero attached hydrogens (tertiary/aromatic N) is 2. The normalized spacial score (nSPS) is 15.7. The number of hydrogen-bond acceptors (Lipinski definition) is 3. The fraction of sp³-hybridized carbons (Fsp3) is 0.400. The molecule has 0 aromatic carbocycles. The predicted molar refractivity (Wildman–Crippen MR) is 55.2 cm³/mol. The molecule has 0 atom stereocenters. The van der Waals surface area contributed by atoms with Gasteiger partial charge in [-0.15, -0.1) is 0 Å². The van der Waals surface area contributed by atoms with Gasteiger partial charge in [-0.2, -0.15) is 5.26 Å². The number of hydrogen-bond donors (Lipinski definition) is 1. The number of nitrogens with one attached hydrogen (secondary N) is 1. The van der Waals surface area contributed by atoms with Gasteiger partial charge in [0.15, 0.2) is 0 Å². The third kappa shape index (κ3) is 1.97. The Morgan fingerprint density at radius 3 is 2.86 bits per heavy atom. The minimum atomic E-state index is 0.367. The molecule has 3 nitrogen and oxygen atoms in total. The van der Waals surface area contributed by atoms with E-state index in [0.717, 1.165) is 0 Å². The molecular formula is C10H10ClN3. The van der Waals surface area contributed by atoms with Crippen molar-refractivity contribution in [2.45, 2.75) is 25.3 Å². The zero-order valence-electron chi connectivity index (χ0n) is 7.63. The van der Waals surface area contributed by atoms with Crippen molar-refractivity contribution in [1.82, 2.24) is 4.98 Å². The standard InChI is InChI=1S/C10H10ClN3/c11-9-4-7(6-12)5-10(14-9)13-8-2-1-3-8/h4-5,8H,1-3H2,(H,13,14). The minimum absolute atomic E-state index is 0.367. The van der Waals surface area contributed by atoms with Crippen LogP contribution in [0.1, 0.15) is 24.8 Å². The number of aromatic nitrogens is 1. The van der Waals surface area contributed by atoms with E-state index in [9.17, 15) is 0 Å². The lowest BCUT2D eigenvalue weighted by molar-refractivity contribution is 0.444. The van der Waals surface area contributed by atoms with Crippen LogP contribution >= 0.6 is 11.6 Å². The summed E-state index contributed by atoms with van der Waals surface area (Å²) in [7, 11) is 0. The summed E-state index contributed by atoms with van der Waals surface area (Å²) >= 11 is 5.77. The zero-order chi connectivity index (χ0) is 9.97. The Bertz CT molecular complexity index is 379. The second-order valence-electron chi connectivity index (χ2n) is 3.45. The van der Waals surface area contributed by atoms with E-state index >= 15 is 0 Å². The lowest BCUT2D eigenvalue weighted by atomic mass is 9.93. The highest BCUT2D eigenvalue weighted by Crippen LogP contribution is 2.23. The van der Waals surface area contributed by atoms with Crippen molar-refractivity contribution in [3.8, 4) is 6.07 Å². The van der Waals surface area contributed by atoms with Crippen LogP contribution in [0.15, 0.2) is 12.1 Å². The van der Waals surface area contributed by atoms with E-state index < -0.39 is 0 Å². The van der Waals surface area contributed by atoms with Gasteiger partial charge >= 0.3 is 0 Å². The van der Waals surface area contributed by atoms with E-state index in [2.05, 4.69) is 16.4 Å². The van der Waals surface area contributed by atoms with Crippen LogP contribution in [-0.4, -0.2) is 11.0 Å². The van der Waals surface area contributed by atoms with Gasteiger partial charge in [0.2, 0.25) is 0 Å². The molecule has 72 valence electrons. The number of nitriles is 1. The Balaban J connectivity index is 2.16. The average molecular weight is 208 g/mol. The van der Waals surface area contributed by atoms with E-state index in [4.69, 9.17) is 16.9 Å². The van der Waals surface area contributed by atoms with Crippen LogP contribution < -0.4 is 5.32 Å². The van der Waals surface area contributed by atoms with Crippen LogP contribution in [0.2, 0.25) is 5.15 Å². The molecule has 2 rings (SSSR count). The summed E-state index contributed by atoms with van der Waals surface area (Å²) in [6.07, 6.45) is 3.62. The summed E-state index contributed by atoms with van der Waals surface area (Å²) < 4.78 is 0. The van der Waals surface area contributed by atoms with Crippen molar-refractivity contribution in [2.75, 3.05) is 5.32 Å². The molecule has 1 N–H and O–H groups in total. The van der Waals surface area contributed by atoms with Crippen molar-refractivity contribution in [3.63, 3.8) is 0 Å². The van der Waals surface area contributed by atoms with Crippen LogP contribution in [0.25, 0.3) is 0 Å². The topological polar surface area (TPSA) is 48.7 Å². The second kappa shape index (κ2) is 3.85. The van der Waals surface area contributed by atoms with Crippen LogP contribution in [0.5, 0.6) is 0 Å². The third-order valence-electron chi connectivity index (χ3n) is 2.38. The van der Waals surface area contributed by atoms with Gasteiger partial charge in [0.05, 0.1) is 11.6 Å². The second-order valence-corrected chi connectivity index (χ2v) is 3.84. The van der Waals surface area contributed by atoms with Crippen LogP contribution in [0, 0.1) is 11.3 Å². The first kappa shape index (κ1) is 9.29. The molecule has 1 saturated carbocycles. The van der Waals surface area contributed by atoms with E-state index in [0.29, 0.717) is 22.6 Å². The molecular weight excluding hydrogens is 198 g/mol. The fourth-order valence-corrected chi connectivity index (χ4v) is 1.61. The molecule has 1 aromatic heterocycles. The van der Waals surface area contributed by atoms with Crippen molar-refractivity contribution < 1.29 is 0 Å². The first-order valence-electron chi connectivity index (χ1n) is 4.62. The Hall–Kier alpha value is -1.27. The molecule has 0 radical (unpaired) electrons. The Morgan fingerprint density at radius 2 is 2.29 bits per heavy atom. The minimum Gasteiger partial charge on any atom is -0.367 e. The summed E-state index contributed by atoms with van der Waals surface area (Å²) in [5.41, 5.74) is 0.548. The van der Waals surface area contributed by atoms with Crippen molar-refractivity contribution in [1.29, 1.82) is 5.26 Å². The molecule has 0 amide bonds. The number of rotatable bonds is 2. The third-order valence-corrected chi connectivity index (χ3v) is 2.57. The van der Waals surface area contributed by atoms with Crippen LogP contribution in [0.3, 0.4) is 0 Å². The highest BCUT2D eigenvalue weighted by Gasteiger charge is 2.17. The lowest BCUT2D eigenvalue weighted by Gasteiger charge is -2.26. The molecule has 4 heteroatoms. The number of pyridine rings is 1. The lowest BCUT2D eigenvalue weighted by Crippen LogP contribution is -2.27.